The van der Waals surface area contributed by atoms with Gasteiger partial charge in [0.2, 0.25) is 5.91 Å². The van der Waals surface area contributed by atoms with E-state index in [1.807, 2.05) is 18.2 Å². The molecule has 2 aromatic carbocycles. The predicted octanol–water partition coefficient (Wildman–Crippen LogP) is 3.82. The van der Waals surface area contributed by atoms with Crippen molar-refractivity contribution in [3.8, 4) is 11.5 Å². The second-order valence-electron chi connectivity index (χ2n) is 6.97. The second kappa shape index (κ2) is 8.13. The molecule has 5 nitrogen and oxygen atoms in total. The molecule has 0 spiro atoms. The van der Waals surface area contributed by atoms with Crippen molar-refractivity contribution in [2.75, 3.05) is 30.4 Å². The highest BCUT2D eigenvalue weighted by Crippen LogP contribution is 2.27. The van der Waals surface area contributed by atoms with Crippen LogP contribution < -0.4 is 15.0 Å². The van der Waals surface area contributed by atoms with Gasteiger partial charge in [0.15, 0.2) is 11.5 Å². The minimum Gasteiger partial charge on any atom is -0.504 e. The summed E-state index contributed by atoms with van der Waals surface area (Å²) in [7, 11) is 1.49. The van der Waals surface area contributed by atoms with Gasteiger partial charge in [-0.3, -0.25) is 4.79 Å². The third-order valence-corrected chi connectivity index (χ3v) is 4.76. The van der Waals surface area contributed by atoms with E-state index >= 15 is 0 Å². The Hall–Kier alpha value is -2.69. The lowest BCUT2D eigenvalue weighted by Gasteiger charge is -2.33. The summed E-state index contributed by atoms with van der Waals surface area (Å²) < 4.78 is 5.09. The van der Waals surface area contributed by atoms with Gasteiger partial charge in [-0.25, -0.2) is 0 Å². The fraction of sp³-hybridized carbons (Fsp3) is 0.381. The molecular formula is C21H26N2O3. The molecule has 26 heavy (non-hydrogen) atoms. The van der Waals surface area contributed by atoms with Crippen LogP contribution in [0.15, 0.2) is 42.5 Å². The summed E-state index contributed by atoms with van der Waals surface area (Å²) in [6.07, 6.45) is 2.71. The van der Waals surface area contributed by atoms with Gasteiger partial charge >= 0.3 is 0 Å². The van der Waals surface area contributed by atoms with Crippen LogP contribution in [-0.4, -0.2) is 31.2 Å². The summed E-state index contributed by atoms with van der Waals surface area (Å²) in [6.45, 7) is 4.41. The van der Waals surface area contributed by atoms with Crippen LogP contribution in [0.5, 0.6) is 11.5 Å². The monoisotopic (exact) mass is 354 g/mol. The van der Waals surface area contributed by atoms with Gasteiger partial charge in [-0.1, -0.05) is 19.1 Å². The number of hydrogen-bond acceptors (Lipinski definition) is 4. The maximum absolute atomic E-state index is 12.4. The number of carbonyl (C=O) groups is 1. The fourth-order valence-corrected chi connectivity index (χ4v) is 3.43. The molecule has 0 bridgehead atoms. The smallest absolute Gasteiger partial charge is 0.228 e. The molecule has 1 unspecified atom stereocenters. The molecule has 0 aliphatic carbocycles. The molecule has 2 aromatic rings. The van der Waals surface area contributed by atoms with Gasteiger partial charge in [-0.05, 0) is 54.7 Å². The van der Waals surface area contributed by atoms with Gasteiger partial charge in [0.1, 0.15) is 0 Å². The summed E-state index contributed by atoms with van der Waals surface area (Å²) in [5, 5.41) is 12.6. The molecule has 0 aromatic heterocycles. The zero-order chi connectivity index (χ0) is 18.5. The highest BCUT2D eigenvalue weighted by molar-refractivity contribution is 5.92. The molecule has 1 saturated heterocycles. The van der Waals surface area contributed by atoms with Crippen LogP contribution in [-0.2, 0) is 11.2 Å². The normalized spacial score (nSPS) is 17.0. The van der Waals surface area contributed by atoms with E-state index in [4.69, 9.17) is 4.74 Å². The van der Waals surface area contributed by atoms with Crippen molar-refractivity contribution in [1.29, 1.82) is 0 Å². The average Bonchev–Trinajstić information content (AvgIpc) is 2.63. The van der Waals surface area contributed by atoms with Gasteiger partial charge in [0.25, 0.3) is 0 Å². The molecule has 1 heterocycles. The largest absolute Gasteiger partial charge is 0.504 e. The van der Waals surface area contributed by atoms with Crippen LogP contribution in [0.3, 0.4) is 0 Å². The number of phenolic OH excluding ortho intramolecular Hbond substituents is 1. The Balaban J connectivity index is 1.65. The first-order valence-electron chi connectivity index (χ1n) is 9.06. The highest BCUT2D eigenvalue weighted by Gasteiger charge is 2.17. The minimum atomic E-state index is -0.0955. The maximum Gasteiger partial charge on any atom is 0.228 e. The van der Waals surface area contributed by atoms with E-state index in [0.29, 0.717) is 11.7 Å². The number of nitrogens with zero attached hydrogens (tertiary/aromatic N) is 1. The quantitative estimate of drug-likeness (QED) is 0.857. The lowest BCUT2D eigenvalue weighted by Crippen LogP contribution is -2.34. The maximum atomic E-state index is 12.4. The van der Waals surface area contributed by atoms with Crippen LogP contribution in [0.2, 0.25) is 0 Å². The molecule has 1 atom stereocenters. The van der Waals surface area contributed by atoms with E-state index in [1.54, 1.807) is 18.2 Å². The Labute approximate surface area is 154 Å². The van der Waals surface area contributed by atoms with Gasteiger partial charge in [-0.2, -0.15) is 0 Å². The summed E-state index contributed by atoms with van der Waals surface area (Å²) in [4.78, 5) is 14.8. The van der Waals surface area contributed by atoms with Crippen LogP contribution in [0, 0.1) is 5.92 Å². The molecule has 3 rings (SSSR count). The number of phenols is 1. The topological polar surface area (TPSA) is 61.8 Å². The molecular weight excluding hydrogens is 328 g/mol. The highest BCUT2D eigenvalue weighted by atomic mass is 16.5. The number of benzene rings is 2. The Morgan fingerprint density at radius 2 is 2.15 bits per heavy atom. The SMILES string of the molecule is COc1cc(CC(=O)Nc2cccc(N3CCCC(C)C3)c2)ccc1O. The third-order valence-electron chi connectivity index (χ3n) is 4.76. The van der Waals surface area contributed by atoms with Crippen molar-refractivity contribution >= 4 is 17.3 Å². The van der Waals surface area contributed by atoms with E-state index in [2.05, 4.69) is 23.2 Å². The Bertz CT molecular complexity index is 776. The van der Waals surface area contributed by atoms with Gasteiger partial charge < -0.3 is 20.1 Å². The van der Waals surface area contributed by atoms with Crippen molar-refractivity contribution in [3.05, 3.63) is 48.0 Å². The second-order valence-corrected chi connectivity index (χ2v) is 6.97. The molecule has 1 aliphatic rings. The number of nitrogens with one attached hydrogen (secondary N) is 1. The van der Waals surface area contributed by atoms with Gasteiger partial charge in [-0.15, -0.1) is 0 Å². The Morgan fingerprint density at radius 1 is 1.31 bits per heavy atom. The fourth-order valence-electron chi connectivity index (χ4n) is 3.43. The number of amides is 1. The van der Waals surface area contributed by atoms with E-state index in [1.165, 1.54) is 20.0 Å². The van der Waals surface area contributed by atoms with E-state index in [0.717, 1.165) is 30.0 Å². The number of carbonyl (C=O) groups excluding carboxylic acids is 1. The number of anilines is 2. The van der Waals surface area contributed by atoms with Crippen LogP contribution >= 0.6 is 0 Å². The number of hydrogen-bond donors (Lipinski definition) is 2. The number of rotatable bonds is 5. The zero-order valence-corrected chi connectivity index (χ0v) is 15.4. The molecule has 1 fully saturated rings. The Morgan fingerprint density at radius 3 is 2.92 bits per heavy atom. The number of piperidine rings is 1. The van der Waals surface area contributed by atoms with E-state index in [-0.39, 0.29) is 18.1 Å². The van der Waals surface area contributed by atoms with E-state index < -0.39 is 0 Å². The molecule has 0 radical (unpaired) electrons. The van der Waals surface area contributed by atoms with Crippen molar-refractivity contribution < 1.29 is 14.6 Å². The summed E-state index contributed by atoms with van der Waals surface area (Å²) in [5.41, 5.74) is 2.75. The molecule has 5 heteroatoms. The number of methoxy groups -OCH3 is 1. The first kappa shape index (κ1) is 18.1. The van der Waals surface area contributed by atoms with Crippen molar-refractivity contribution in [1.82, 2.24) is 0 Å². The summed E-state index contributed by atoms with van der Waals surface area (Å²) >= 11 is 0. The van der Waals surface area contributed by atoms with Crippen molar-refractivity contribution in [3.63, 3.8) is 0 Å². The van der Waals surface area contributed by atoms with E-state index in [9.17, 15) is 9.90 Å². The molecule has 1 aliphatic heterocycles. The summed E-state index contributed by atoms with van der Waals surface area (Å²) in [6, 6.07) is 13.0. The molecule has 138 valence electrons. The van der Waals surface area contributed by atoms with Crippen molar-refractivity contribution in [2.24, 2.45) is 5.92 Å². The van der Waals surface area contributed by atoms with Gasteiger partial charge in [0.05, 0.1) is 13.5 Å². The average molecular weight is 354 g/mol. The number of aromatic hydroxyl groups is 1. The standard InChI is InChI=1S/C21H26N2O3/c1-15-5-4-10-23(14-15)18-7-3-6-17(13-18)22-21(25)12-16-8-9-19(24)20(11-16)26-2/h3,6-9,11,13,15,24H,4-5,10,12,14H2,1-2H3,(H,22,25). The van der Waals surface area contributed by atoms with Crippen molar-refractivity contribution in [2.45, 2.75) is 26.2 Å². The molecule has 0 saturated carbocycles. The van der Waals surface area contributed by atoms with Crippen LogP contribution in [0.25, 0.3) is 0 Å². The Kier molecular flexibility index (Phi) is 5.66. The molecule has 1 amide bonds. The number of ether oxygens (including phenoxy) is 1. The first-order valence-corrected chi connectivity index (χ1v) is 9.06. The predicted molar refractivity (Wildman–Crippen MR) is 104 cm³/mol. The molecule has 2 N–H and O–H groups in total. The summed E-state index contributed by atoms with van der Waals surface area (Å²) in [5.74, 6) is 1.05. The van der Waals surface area contributed by atoms with Crippen LogP contribution in [0.1, 0.15) is 25.3 Å². The van der Waals surface area contributed by atoms with Gasteiger partial charge in [0, 0.05) is 24.5 Å². The minimum absolute atomic E-state index is 0.0696. The zero-order valence-electron chi connectivity index (χ0n) is 15.4. The first-order chi connectivity index (χ1) is 12.5. The van der Waals surface area contributed by atoms with Crippen LogP contribution in [0.4, 0.5) is 11.4 Å². The lowest BCUT2D eigenvalue weighted by atomic mass is 10.00. The lowest BCUT2D eigenvalue weighted by molar-refractivity contribution is -0.115. The third kappa shape index (κ3) is 4.48.